The predicted molar refractivity (Wildman–Crippen MR) is 99.3 cm³/mol. The van der Waals surface area contributed by atoms with Crippen LogP contribution in [0.2, 0.25) is 0 Å². The van der Waals surface area contributed by atoms with Crippen LogP contribution in [-0.4, -0.2) is 6.29 Å². The summed E-state index contributed by atoms with van der Waals surface area (Å²) < 4.78 is 0. The molecule has 2 rings (SSSR count). The van der Waals surface area contributed by atoms with Crippen molar-refractivity contribution < 1.29 is 4.79 Å². The van der Waals surface area contributed by atoms with E-state index in [4.69, 9.17) is 0 Å². The number of hydrogen-bond acceptors (Lipinski definition) is 1. The molecular formula is C22H30O. The van der Waals surface area contributed by atoms with Crippen LogP contribution in [0.1, 0.15) is 66.2 Å². The Bertz CT molecular complexity index is 606. The van der Waals surface area contributed by atoms with E-state index in [0.29, 0.717) is 5.41 Å². The molecule has 0 aliphatic heterocycles. The summed E-state index contributed by atoms with van der Waals surface area (Å²) in [5.74, 6) is 0. The number of hydrogen-bond donors (Lipinski definition) is 0. The van der Waals surface area contributed by atoms with Crippen LogP contribution in [-0.2, 0) is 4.79 Å². The average Bonchev–Trinajstić information content (AvgIpc) is 2.46. The lowest BCUT2D eigenvalue weighted by Gasteiger charge is -2.33. The van der Waals surface area contributed by atoms with E-state index in [1.54, 1.807) is 11.6 Å². The molecule has 0 aromatic rings. The van der Waals surface area contributed by atoms with Crippen molar-refractivity contribution in [2.75, 3.05) is 0 Å². The Balaban J connectivity index is 2.20. The Morgan fingerprint density at radius 3 is 2.61 bits per heavy atom. The Labute approximate surface area is 141 Å². The molecule has 2 aliphatic rings. The van der Waals surface area contributed by atoms with Gasteiger partial charge < -0.3 is 0 Å². The third-order valence-corrected chi connectivity index (χ3v) is 5.05. The molecular weight excluding hydrogens is 280 g/mol. The van der Waals surface area contributed by atoms with Crippen molar-refractivity contribution in [1.29, 1.82) is 0 Å². The first-order valence-corrected chi connectivity index (χ1v) is 8.84. The van der Waals surface area contributed by atoms with Crippen molar-refractivity contribution >= 4 is 6.29 Å². The van der Waals surface area contributed by atoms with Gasteiger partial charge in [0.2, 0.25) is 0 Å². The molecule has 0 heterocycles. The maximum Gasteiger partial charge on any atom is 0.143 e. The average molecular weight is 310 g/mol. The van der Waals surface area contributed by atoms with E-state index in [1.165, 1.54) is 42.4 Å². The van der Waals surface area contributed by atoms with Crippen LogP contribution in [0.5, 0.6) is 0 Å². The van der Waals surface area contributed by atoms with Crippen molar-refractivity contribution in [3.63, 3.8) is 0 Å². The first-order chi connectivity index (χ1) is 10.9. The van der Waals surface area contributed by atoms with Gasteiger partial charge in [-0.1, -0.05) is 43.7 Å². The zero-order chi connectivity index (χ0) is 16.9. The molecule has 0 saturated heterocycles. The minimum absolute atomic E-state index is 0.302. The maximum atomic E-state index is 10.6. The number of carbonyl (C=O) groups is 1. The lowest BCUT2D eigenvalue weighted by Crippen LogP contribution is -2.19. The van der Waals surface area contributed by atoms with Gasteiger partial charge in [-0.15, -0.1) is 0 Å². The first-order valence-electron chi connectivity index (χ1n) is 8.84. The van der Waals surface area contributed by atoms with E-state index >= 15 is 0 Å². The van der Waals surface area contributed by atoms with Crippen LogP contribution in [0.3, 0.4) is 0 Å². The number of allylic oxidation sites excluding steroid dienone is 10. The Kier molecular flexibility index (Phi) is 5.98. The molecule has 23 heavy (non-hydrogen) atoms. The van der Waals surface area contributed by atoms with Crippen LogP contribution in [0.4, 0.5) is 0 Å². The molecule has 0 amide bonds. The minimum Gasteiger partial charge on any atom is -0.299 e. The van der Waals surface area contributed by atoms with Gasteiger partial charge in [0.05, 0.1) is 0 Å². The SMILES string of the molecule is CC(=CC=O)C=C1C=C(C=CC2=C(C)CCCC2(C)C)CCC1. The summed E-state index contributed by atoms with van der Waals surface area (Å²) in [4.78, 5) is 10.6. The summed E-state index contributed by atoms with van der Waals surface area (Å²) in [6, 6.07) is 0. The zero-order valence-electron chi connectivity index (χ0n) is 15.1. The molecule has 0 aromatic heterocycles. The third kappa shape index (κ3) is 4.92. The van der Waals surface area contributed by atoms with E-state index in [2.05, 4.69) is 45.1 Å². The van der Waals surface area contributed by atoms with Crippen molar-refractivity contribution in [1.82, 2.24) is 0 Å². The van der Waals surface area contributed by atoms with Gasteiger partial charge >= 0.3 is 0 Å². The standard InChI is InChI=1S/C22H30O/c1-17(12-14-23)15-20-9-5-8-19(16-20)10-11-21-18(2)7-6-13-22(21,3)4/h10-12,14-16H,5-9,13H2,1-4H3. The summed E-state index contributed by atoms with van der Waals surface area (Å²) in [6.07, 6.45) is 18.9. The van der Waals surface area contributed by atoms with E-state index in [-0.39, 0.29) is 0 Å². The van der Waals surface area contributed by atoms with Crippen molar-refractivity contribution in [3.05, 3.63) is 58.2 Å². The van der Waals surface area contributed by atoms with Crippen LogP contribution in [0, 0.1) is 5.41 Å². The zero-order valence-corrected chi connectivity index (χ0v) is 15.1. The Morgan fingerprint density at radius 2 is 1.91 bits per heavy atom. The van der Waals surface area contributed by atoms with Gasteiger partial charge in [0, 0.05) is 0 Å². The fraction of sp³-hybridized carbons (Fsp3) is 0.500. The van der Waals surface area contributed by atoms with Gasteiger partial charge in [-0.3, -0.25) is 4.79 Å². The highest BCUT2D eigenvalue weighted by atomic mass is 16.1. The fourth-order valence-electron chi connectivity index (χ4n) is 3.77. The first kappa shape index (κ1) is 17.7. The summed E-state index contributed by atoms with van der Waals surface area (Å²) in [5.41, 5.74) is 7.15. The van der Waals surface area contributed by atoms with Gasteiger partial charge in [-0.05, 0) is 86.2 Å². The van der Waals surface area contributed by atoms with E-state index in [0.717, 1.165) is 24.7 Å². The molecule has 124 valence electrons. The fourth-order valence-corrected chi connectivity index (χ4v) is 3.77. The molecule has 1 heteroatoms. The highest BCUT2D eigenvalue weighted by Crippen LogP contribution is 2.41. The second kappa shape index (κ2) is 7.77. The molecule has 0 fully saturated rings. The predicted octanol–water partition coefficient (Wildman–Crippen LogP) is 6.25. The molecule has 0 bridgehead atoms. The van der Waals surface area contributed by atoms with Gasteiger partial charge in [0.15, 0.2) is 0 Å². The molecule has 1 nitrogen and oxygen atoms in total. The van der Waals surface area contributed by atoms with E-state index in [1.807, 2.05) is 6.92 Å². The summed E-state index contributed by atoms with van der Waals surface area (Å²) in [6.45, 7) is 9.00. The van der Waals surface area contributed by atoms with Crippen molar-refractivity contribution in [3.8, 4) is 0 Å². The normalized spacial score (nSPS) is 24.3. The smallest absolute Gasteiger partial charge is 0.143 e. The van der Waals surface area contributed by atoms with Gasteiger partial charge in [0.25, 0.3) is 0 Å². The van der Waals surface area contributed by atoms with Crippen molar-refractivity contribution in [2.45, 2.75) is 66.2 Å². The lowest BCUT2D eigenvalue weighted by atomic mass is 9.72. The highest BCUT2D eigenvalue weighted by Gasteiger charge is 2.26. The molecule has 0 N–H and O–H groups in total. The molecule has 0 unspecified atom stereocenters. The summed E-state index contributed by atoms with van der Waals surface area (Å²) in [7, 11) is 0. The molecule has 0 saturated carbocycles. The van der Waals surface area contributed by atoms with Gasteiger partial charge in [-0.25, -0.2) is 0 Å². The topological polar surface area (TPSA) is 17.1 Å². The monoisotopic (exact) mass is 310 g/mol. The Hall–Kier alpha value is -1.63. The van der Waals surface area contributed by atoms with Gasteiger partial charge in [-0.2, -0.15) is 0 Å². The molecule has 0 atom stereocenters. The third-order valence-electron chi connectivity index (χ3n) is 5.05. The Morgan fingerprint density at radius 1 is 1.13 bits per heavy atom. The van der Waals surface area contributed by atoms with Gasteiger partial charge in [0.1, 0.15) is 6.29 Å². The summed E-state index contributed by atoms with van der Waals surface area (Å²) in [5, 5.41) is 0. The second-order valence-electron chi connectivity index (χ2n) is 7.60. The van der Waals surface area contributed by atoms with Crippen LogP contribution >= 0.6 is 0 Å². The van der Waals surface area contributed by atoms with Crippen LogP contribution in [0.15, 0.2) is 58.2 Å². The lowest BCUT2D eigenvalue weighted by molar-refractivity contribution is -0.104. The minimum atomic E-state index is 0.302. The highest BCUT2D eigenvalue weighted by molar-refractivity contribution is 5.67. The molecule has 2 aliphatic carbocycles. The quantitative estimate of drug-likeness (QED) is 0.443. The summed E-state index contributed by atoms with van der Waals surface area (Å²) >= 11 is 0. The van der Waals surface area contributed by atoms with Crippen LogP contribution < -0.4 is 0 Å². The largest absolute Gasteiger partial charge is 0.299 e. The van der Waals surface area contributed by atoms with Crippen LogP contribution in [0.25, 0.3) is 0 Å². The van der Waals surface area contributed by atoms with E-state index in [9.17, 15) is 4.79 Å². The maximum absolute atomic E-state index is 10.6. The molecule has 0 spiro atoms. The number of carbonyl (C=O) groups excluding carboxylic acids is 1. The second-order valence-corrected chi connectivity index (χ2v) is 7.60. The molecule has 0 radical (unpaired) electrons. The molecule has 0 aromatic carbocycles. The van der Waals surface area contributed by atoms with Crippen molar-refractivity contribution in [2.24, 2.45) is 5.41 Å². The number of rotatable bonds is 4. The number of aldehydes is 1. The van der Waals surface area contributed by atoms with E-state index < -0.39 is 0 Å².